The van der Waals surface area contributed by atoms with Crippen LogP contribution in [-0.2, 0) is 4.79 Å². The molecule has 0 aliphatic heterocycles. The second kappa shape index (κ2) is 7.24. The van der Waals surface area contributed by atoms with E-state index in [4.69, 9.17) is 11.0 Å². The molecule has 0 fully saturated rings. The molecule has 1 atom stereocenters. The Kier molecular flexibility index (Phi) is 6.72. The average molecular weight is 211 g/mol. The Morgan fingerprint density at radius 3 is 2.53 bits per heavy atom. The van der Waals surface area contributed by atoms with E-state index in [1.54, 1.807) is 4.90 Å². The van der Waals surface area contributed by atoms with Crippen molar-refractivity contribution < 1.29 is 4.79 Å². The lowest BCUT2D eigenvalue weighted by Gasteiger charge is -2.28. The summed E-state index contributed by atoms with van der Waals surface area (Å²) in [6.45, 7) is 6.36. The van der Waals surface area contributed by atoms with Crippen molar-refractivity contribution in [3.63, 3.8) is 0 Å². The molecule has 2 N–H and O–H groups in total. The van der Waals surface area contributed by atoms with E-state index in [2.05, 4.69) is 0 Å². The molecule has 4 nitrogen and oxygen atoms in total. The first-order valence-corrected chi connectivity index (χ1v) is 5.47. The molecule has 0 aromatic heterocycles. The van der Waals surface area contributed by atoms with Crippen LogP contribution in [0.5, 0.6) is 0 Å². The molecule has 4 heteroatoms. The highest BCUT2D eigenvalue weighted by Crippen LogP contribution is 2.05. The summed E-state index contributed by atoms with van der Waals surface area (Å²) in [7, 11) is 0. The van der Waals surface area contributed by atoms with Crippen LogP contribution < -0.4 is 5.73 Å². The maximum Gasteiger partial charge on any atom is 0.239 e. The molecule has 1 amide bonds. The minimum Gasteiger partial charge on any atom is -0.338 e. The van der Waals surface area contributed by atoms with Gasteiger partial charge in [-0.15, -0.1) is 0 Å². The van der Waals surface area contributed by atoms with Crippen molar-refractivity contribution in [2.75, 3.05) is 6.54 Å². The van der Waals surface area contributed by atoms with Crippen molar-refractivity contribution >= 4 is 5.91 Å². The maximum atomic E-state index is 11.9. The standard InChI is InChI=1S/C11H21N3O/c1-4-6-10(13)11(15)14(9(2)3)8-5-7-12/h9-10H,4-6,8,13H2,1-3H3. The first-order chi connectivity index (χ1) is 7.04. The van der Waals surface area contributed by atoms with Crippen molar-refractivity contribution in [3.05, 3.63) is 0 Å². The second-order valence-electron chi connectivity index (χ2n) is 3.93. The number of rotatable bonds is 6. The van der Waals surface area contributed by atoms with Gasteiger partial charge in [-0.05, 0) is 20.3 Å². The number of carbonyl (C=O) groups is 1. The Bertz CT molecular complexity index is 232. The van der Waals surface area contributed by atoms with Crippen molar-refractivity contribution in [1.29, 1.82) is 5.26 Å². The summed E-state index contributed by atoms with van der Waals surface area (Å²) in [5.41, 5.74) is 5.76. The van der Waals surface area contributed by atoms with E-state index in [1.807, 2.05) is 26.8 Å². The van der Waals surface area contributed by atoms with Crippen LogP contribution in [0.15, 0.2) is 0 Å². The van der Waals surface area contributed by atoms with Gasteiger partial charge in [0.05, 0.1) is 18.5 Å². The molecule has 0 heterocycles. The van der Waals surface area contributed by atoms with Crippen LogP contribution >= 0.6 is 0 Å². The fourth-order valence-corrected chi connectivity index (χ4v) is 1.44. The lowest BCUT2D eigenvalue weighted by Crippen LogP contribution is -2.47. The van der Waals surface area contributed by atoms with Crippen LogP contribution in [0.25, 0.3) is 0 Å². The third-order valence-corrected chi connectivity index (χ3v) is 2.29. The van der Waals surface area contributed by atoms with E-state index < -0.39 is 6.04 Å². The van der Waals surface area contributed by atoms with E-state index in [0.29, 0.717) is 19.4 Å². The first-order valence-electron chi connectivity index (χ1n) is 5.47. The lowest BCUT2D eigenvalue weighted by atomic mass is 10.1. The van der Waals surface area contributed by atoms with Crippen LogP contribution in [0, 0.1) is 11.3 Å². The van der Waals surface area contributed by atoms with E-state index in [9.17, 15) is 4.79 Å². The van der Waals surface area contributed by atoms with Gasteiger partial charge in [-0.3, -0.25) is 4.79 Å². The summed E-state index contributed by atoms with van der Waals surface area (Å²) in [5.74, 6) is -0.0397. The molecule has 86 valence electrons. The van der Waals surface area contributed by atoms with E-state index >= 15 is 0 Å². The average Bonchev–Trinajstić information content (AvgIpc) is 2.18. The first kappa shape index (κ1) is 13.9. The molecule has 0 saturated heterocycles. The van der Waals surface area contributed by atoms with Gasteiger partial charge in [0.25, 0.3) is 0 Å². The largest absolute Gasteiger partial charge is 0.338 e. The fraction of sp³-hybridized carbons (Fsp3) is 0.818. The zero-order valence-electron chi connectivity index (χ0n) is 9.86. The summed E-state index contributed by atoms with van der Waals surface area (Å²) in [6, 6.07) is 1.73. The summed E-state index contributed by atoms with van der Waals surface area (Å²) in [6.07, 6.45) is 1.97. The van der Waals surface area contributed by atoms with Crippen molar-refractivity contribution in [1.82, 2.24) is 4.90 Å². The fourth-order valence-electron chi connectivity index (χ4n) is 1.44. The lowest BCUT2D eigenvalue weighted by molar-refractivity contribution is -0.134. The zero-order chi connectivity index (χ0) is 11.8. The molecular formula is C11H21N3O. The molecule has 0 saturated carbocycles. The second-order valence-corrected chi connectivity index (χ2v) is 3.93. The SMILES string of the molecule is CCCC(N)C(=O)N(CCC#N)C(C)C. The van der Waals surface area contributed by atoms with Crippen molar-refractivity contribution in [2.24, 2.45) is 5.73 Å². The Morgan fingerprint density at radius 1 is 1.53 bits per heavy atom. The number of nitrogens with zero attached hydrogens (tertiary/aromatic N) is 2. The van der Waals surface area contributed by atoms with Crippen LogP contribution in [0.4, 0.5) is 0 Å². The Labute approximate surface area is 92.0 Å². The third kappa shape index (κ3) is 4.80. The maximum absolute atomic E-state index is 11.9. The van der Waals surface area contributed by atoms with E-state index in [0.717, 1.165) is 6.42 Å². The Balaban J connectivity index is 4.35. The molecule has 0 aliphatic carbocycles. The predicted molar refractivity (Wildman–Crippen MR) is 60.0 cm³/mol. The van der Waals surface area contributed by atoms with Crippen LogP contribution in [0.1, 0.15) is 40.0 Å². The summed E-state index contributed by atoms with van der Waals surface area (Å²) >= 11 is 0. The summed E-state index contributed by atoms with van der Waals surface area (Å²) in [4.78, 5) is 13.6. The monoisotopic (exact) mass is 211 g/mol. The normalized spacial score (nSPS) is 12.3. The van der Waals surface area contributed by atoms with Gasteiger partial charge >= 0.3 is 0 Å². The molecule has 0 bridgehead atoms. The Morgan fingerprint density at radius 2 is 2.13 bits per heavy atom. The molecule has 0 spiro atoms. The molecule has 1 unspecified atom stereocenters. The van der Waals surface area contributed by atoms with Gasteiger partial charge in [-0.25, -0.2) is 0 Å². The quantitative estimate of drug-likeness (QED) is 0.719. The molecular weight excluding hydrogens is 190 g/mol. The molecule has 0 aromatic rings. The van der Waals surface area contributed by atoms with Gasteiger partial charge in [0.15, 0.2) is 0 Å². The highest BCUT2D eigenvalue weighted by atomic mass is 16.2. The highest BCUT2D eigenvalue weighted by Gasteiger charge is 2.21. The number of amides is 1. The van der Waals surface area contributed by atoms with Gasteiger partial charge in [-0.2, -0.15) is 5.26 Å². The van der Waals surface area contributed by atoms with Crippen LogP contribution in [0.2, 0.25) is 0 Å². The smallest absolute Gasteiger partial charge is 0.239 e. The van der Waals surface area contributed by atoms with E-state index in [-0.39, 0.29) is 11.9 Å². The number of carbonyl (C=O) groups excluding carboxylic acids is 1. The highest BCUT2D eigenvalue weighted by molar-refractivity contribution is 5.81. The summed E-state index contributed by atoms with van der Waals surface area (Å²) in [5, 5.41) is 8.50. The number of hydrogen-bond acceptors (Lipinski definition) is 3. The topological polar surface area (TPSA) is 70.1 Å². The van der Waals surface area contributed by atoms with Gasteiger partial charge in [0.2, 0.25) is 5.91 Å². The van der Waals surface area contributed by atoms with E-state index in [1.165, 1.54) is 0 Å². The number of hydrogen-bond donors (Lipinski definition) is 1. The molecule has 0 radical (unpaired) electrons. The summed E-state index contributed by atoms with van der Waals surface area (Å²) < 4.78 is 0. The molecule has 15 heavy (non-hydrogen) atoms. The van der Waals surface area contributed by atoms with Crippen molar-refractivity contribution in [3.8, 4) is 6.07 Å². The number of nitrogens with two attached hydrogens (primary N) is 1. The molecule has 0 aromatic carbocycles. The van der Waals surface area contributed by atoms with Crippen LogP contribution in [-0.4, -0.2) is 29.4 Å². The zero-order valence-corrected chi connectivity index (χ0v) is 9.86. The van der Waals surface area contributed by atoms with Gasteiger partial charge < -0.3 is 10.6 Å². The minimum atomic E-state index is -0.420. The molecule has 0 aliphatic rings. The van der Waals surface area contributed by atoms with Crippen molar-refractivity contribution in [2.45, 2.75) is 52.1 Å². The molecule has 0 rings (SSSR count). The predicted octanol–water partition coefficient (Wildman–Crippen LogP) is 1.26. The number of nitriles is 1. The van der Waals surface area contributed by atoms with Gasteiger partial charge in [0, 0.05) is 12.6 Å². The van der Waals surface area contributed by atoms with Gasteiger partial charge in [0.1, 0.15) is 0 Å². The minimum absolute atomic E-state index is 0.0397. The third-order valence-electron chi connectivity index (χ3n) is 2.29. The van der Waals surface area contributed by atoms with Gasteiger partial charge in [-0.1, -0.05) is 13.3 Å². The van der Waals surface area contributed by atoms with Crippen LogP contribution in [0.3, 0.4) is 0 Å². The Hall–Kier alpha value is -1.08.